The lowest BCUT2D eigenvalue weighted by molar-refractivity contribution is -0.155. The van der Waals surface area contributed by atoms with E-state index < -0.39 is 11.9 Å². The van der Waals surface area contributed by atoms with Crippen molar-refractivity contribution in [2.75, 3.05) is 13.1 Å². The summed E-state index contributed by atoms with van der Waals surface area (Å²) < 4.78 is 41.8. The fourth-order valence-electron chi connectivity index (χ4n) is 2.37. The maximum Gasteiger partial charge on any atom is 0.452 e. The van der Waals surface area contributed by atoms with Gasteiger partial charge in [-0.1, -0.05) is 5.16 Å². The standard InChI is InChI=1S/C14H13F3N2O2S/c15-14(16,17)12-8-9(18-21-12)10-4-5-11(22-10)13(20)19-6-2-1-3-7-19/h4-5,8H,1-3,6-7H2. The number of hydrogen-bond donors (Lipinski definition) is 0. The minimum atomic E-state index is -4.56. The number of piperidine rings is 1. The molecule has 0 aromatic carbocycles. The Morgan fingerprint density at radius 3 is 2.59 bits per heavy atom. The predicted octanol–water partition coefficient (Wildman–Crippen LogP) is 4.05. The van der Waals surface area contributed by atoms with Crippen molar-refractivity contribution >= 4 is 17.2 Å². The monoisotopic (exact) mass is 330 g/mol. The highest BCUT2D eigenvalue weighted by molar-refractivity contribution is 7.17. The number of likely N-dealkylation sites (tertiary alicyclic amines) is 1. The smallest absolute Gasteiger partial charge is 0.351 e. The van der Waals surface area contributed by atoms with Gasteiger partial charge >= 0.3 is 6.18 Å². The number of carbonyl (C=O) groups is 1. The average molecular weight is 330 g/mol. The third kappa shape index (κ3) is 3.01. The summed E-state index contributed by atoms with van der Waals surface area (Å²) >= 11 is 1.13. The Morgan fingerprint density at radius 2 is 1.95 bits per heavy atom. The molecule has 0 radical (unpaired) electrons. The van der Waals surface area contributed by atoms with Crippen LogP contribution < -0.4 is 0 Å². The largest absolute Gasteiger partial charge is 0.452 e. The van der Waals surface area contributed by atoms with E-state index in [-0.39, 0.29) is 11.6 Å². The molecule has 4 nitrogen and oxygen atoms in total. The summed E-state index contributed by atoms with van der Waals surface area (Å²) in [5, 5.41) is 3.43. The number of amides is 1. The third-order valence-electron chi connectivity index (χ3n) is 3.50. The van der Waals surface area contributed by atoms with Gasteiger partial charge in [0.1, 0.15) is 5.69 Å². The van der Waals surface area contributed by atoms with Crippen molar-refractivity contribution in [1.29, 1.82) is 0 Å². The van der Waals surface area contributed by atoms with Crippen molar-refractivity contribution in [3.8, 4) is 10.6 Å². The molecule has 1 fully saturated rings. The molecule has 0 atom stereocenters. The molecule has 0 spiro atoms. The van der Waals surface area contributed by atoms with Gasteiger partial charge in [0.2, 0.25) is 5.76 Å². The van der Waals surface area contributed by atoms with Crippen molar-refractivity contribution in [3.63, 3.8) is 0 Å². The van der Waals surface area contributed by atoms with E-state index in [1.807, 2.05) is 0 Å². The SMILES string of the molecule is O=C(c1ccc(-c2cc(C(F)(F)F)on2)s1)N1CCCCC1. The average Bonchev–Trinajstić information content (AvgIpc) is 3.15. The summed E-state index contributed by atoms with van der Waals surface area (Å²) in [5.41, 5.74) is 0.0926. The lowest BCUT2D eigenvalue weighted by Crippen LogP contribution is -2.35. The molecule has 22 heavy (non-hydrogen) atoms. The highest BCUT2D eigenvalue weighted by Crippen LogP contribution is 2.34. The van der Waals surface area contributed by atoms with E-state index in [1.54, 1.807) is 17.0 Å². The Hall–Kier alpha value is -1.83. The summed E-state index contributed by atoms with van der Waals surface area (Å²) in [6.45, 7) is 1.46. The predicted molar refractivity (Wildman–Crippen MR) is 74.6 cm³/mol. The molecule has 2 aromatic heterocycles. The second kappa shape index (κ2) is 5.75. The molecule has 1 aliphatic heterocycles. The fourth-order valence-corrected chi connectivity index (χ4v) is 3.29. The number of carbonyl (C=O) groups excluding carboxylic acids is 1. The number of rotatable bonds is 2. The topological polar surface area (TPSA) is 46.3 Å². The molecule has 2 aromatic rings. The zero-order chi connectivity index (χ0) is 15.7. The molecule has 8 heteroatoms. The zero-order valence-corrected chi connectivity index (χ0v) is 12.3. The van der Waals surface area contributed by atoms with Gasteiger partial charge in [-0.05, 0) is 31.4 Å². The Balaban J connectivity index is 1.78. The molecule has 0 bridgehead atoms. The summed E-state index contributed by atoms with van der Waals surface area (Å²) in [7, 11) is 0. The van der Waals surface area contributed by atoms with Gasteiger partial charge in [-0.25, -0.2) is 0 Å². The molecule has 3 heterocycles. The first kappa shape index (κ1) is 15.1. The van der Waals surface area contributed by atoms with Gasteiger partial charge in [0, 0.05) is 19.2 Å². The van der Waals surface area contributed by atoms with Crippen molar-refractivity contribution in [2.45, 2.75) is 25.4 Å². The van der Waals surface area contributed by atoms with Crippen LogP contribution in [0.25, 0.3) is 10.6 Å². The van der Waals surface area contributed by atoms with Gasteiger partial charge in [-0.15, -0.1) is 11.3 Å². The van der Waals surface area contributed by atoms with E-state index >= 15 is 0 Å². The summed E-state index contributed by atoms with van der Waals surface area (Å²) in [6.07, 6.45) is -1.46. The molecule has 1 amide bonds. The van der Waals surface area contributed by atoms with E-state index in [4.69, 9.17) is 0 Å². The molecule has 0 N–H and O–H groups in total. The maximum atomic E-state index is 12.5. The number of nitrogens with zero attached hydrogens (tertiary/aromatic N) is 2. The van der Waals surface area contributed by atoms with Crippen molar-refractivity contribution < 1.29 is 22.5 Å². The second-order valence-electron chi connectivity index (χ2n) is 5.09. The lowest BCUT2D eigenvalue weighted by Gasteiger charge is -2.26. The maximum absolute atomic E-state index is 12.5. The van der Waals surface area contributed by atoms with Crippen LogP contribution in [0.4, 0.5) is 13.2 Å². The molecule has 0 unspecified atom stereocenters. The first-order valence-corrected chi connectivity index (χ1v) is 7.70. The van der Waals surface area contributed by atoms with Crippen LogP contribution in [0.3, 0.4) is 0 Å². The first-order chi connectivity index (χ1) is 10.4. The van der Waals surface area contributed by atoms with E-state index in [0.717, 1.165) is 49.8 Å². The van der Waals surface area contributed by atoms with E-state index in [9.17, 15) is 18.0 Å². The second-order valence-corrected chi connectivity index (χ2v) is 6.17. The van der Waals surface area contributed by atoms with E-state index in [2.05, 4.69) is 9.68 Å². The normalized spacial score (nSPS) is 16.0. The Morgan fingerprint density at radius 1 is 1.23 bits per heavy atom. The molecule has 3 rings (SSSR count). The molecule has 0 saturated carbocycles. The van der Waals surface area contributed by atoms with Crippen LogP contribution in [-0.2, 0) is 6.18 Å². The molecule has 118 valence electrons. The van der Waals surface area contributed by atoms with Gasteiger partial charge < -0.3 is 9.42 Å². The number of thiophene rings is 1. The van der Waals surface area contributed by atoms with Crippen LogP contribution in [0.2, 0.25) is 0 Å². The highest BCUT2D eigenvalue weighted by Gasteiger charge is 2.36. The minimum Gasteiger partial charge on any atom is -0.351 e. The molecular formula is C14H13F3N2O2S. The van der Waals surface area contributed by atoms with E-state index in [1.165, 1.54) is 0 Å². The minimum absolute atomic E-state index is 0.0736. The number of alkyl halides is 3. The van der Waals surface area contributed by atoms with Gasteiger partial charge in [0.05, 0.1) is 9.75 Å². The Labute approximate surface area is 128 Å². The highest BCUT2D eigenvalue weighted by atomic mass is 32.1. The molecule has 1 saturated heterocycles. The molecule has 0 aliphatic carbocycles. The summed E-state index contributed by atoms with van der Waals surface area (Å²) in [6, 6.07) is 4.07. The van der Waals surface area contributed by atoms with Crippen LogP contribution in [0.15, 0.2) is 22.7 Å². The summed E-state index contributed by atoms with van der Waals surface area (Å²) in [5.74, 6) is -1.21. The van der Waals surface area contributed by atoms with Crippen LogP contribution in [0, 0.1) is 0 Å². The lowest BCUT2D eigenvalue weighted by atomic mass is 10.1. The number of halogens is 3. The van der Waals surface area contributed by atoms with Crippen LogP contribution >= 0.6 is 11.3 Å². The first-order valence-electron chi connectivity index (χ1n) is 6.88. The zero-order valence-electron chi connectivity index (χ0n) is 11.5. The number of aromatic nitrogens is 1. The fraction of sp³-hybridized carbons (Fsp3) is 0.429. The molecular weight excluding hydrogens is 317 g/mol. The van der Waals surface area contributed by atoms with Gasteiger partial charge in [-0.2, -0.15) is 13.2 Å². The number of hydrogen-bond acceptors (Lipinski definition) is 4. The third-order valence-corrected chi connectivity index (χ3v) is 4.60. The van der Waals surface area contributed by atoms with Gasteiger partial charge in [0.25, 0.3) is 5.91 Å². The van der Waals surface area contributed by atoms with Crippen LogP contribution in [-0.4, -0.2) is 29.1 Å². The van der Waals surface area contributed by atoms with Crippen LogP contribution in [0.1, 0.15) is 34.7 Å². The quantitative estimate of drug-likeness (QED) is 0.834. The van der Waals surface area contributed by atoms with Crippen molar-refractivity contribution in [1.82, 2.24) is 10.1 Å². The summed E-state index contributed by atoms with van der Waals surface area (Å²) in [4.78, 5) is 15.1. The van der Waals surface area contributed by atoms with Gasteiger partial charge in [0.15, 0.2) is 0 Å². The molecule has 1 aliphatic rings. The van der Waals surface area contributed by atoms with Crippen LogP contribution in [0.5, 0.6) is 0 Å². The Kier molecular flexibility index (Phi) is 3.94. The Bertz CT molecular complexity index is 672. The van der Waals surface area contributed by atoms with Crippen molar-refractivity contribution in [2.24, 2.45) is 0 Å². The van der Waals surface area contributed by atoms with Crippen molar-refractivity contribution in [3.05, 3.63) is 28.8 Å². The van der Waals surface area contributed by atoms with Gasteiger partial charge in [-0.3, -0.25) is 4.79 Å². The van der Waals surface area contributed by atoms with E-state index in [0.29, 0.717) is 9.75 Å².